The molecular weight excluding hydrogens is 519 g/mol. The zero-order valence-electron chi connectivity index (χ0n) is 20.9. The second kappa shape index (κ2) is 11.1. The van der Waals surface area contributed by atoms with Crippen molar-refractivity contribution in [2.24, 2.45) is 0 Å². The molecule has 0 bridgehead atoms. The number of hydrogen-bond acceptors (Lipinski definition) is 5. The van der Waals surface area contributed by atoms with Gasteiger partial charge in [0.1, 0.15) is 5.76 Å². The quantitative estimate of drug-likeness (QED) is 0.210. The second-order valence-electron chi connectivity index (χ2n) is 9.39. The van der Waals surface area contributed by atoms with Crippen molar-refractivity contribution < 1.29 is 15.0 Å². The van der Waals surface area contributed by atoms with E-state index >= 15 is 0 Å². The molecule has 2 unspecified atom stereocenters. The van der Waals surface area contributed by atoms with Gasteiger partial charge in [0.2, 0.25) is 0 Å². The lowest BCUT2D eigenvalue weighted by Gasteiger charge is -2.37. The molecule has 1 aliphatic heterocycles. The number of rotatable bonds is 8. The van der Waals surface area contributed by atoms with Gasteiger partial charge in [-0.3, -0.25) is 4.79 Å². The maximum atomic E-state index is 13.9. The number of carbonyl (C=O) groups is 1. The third kappa shape index (κ3) is 5.10. The third-order valence-corrected chi connectivity index (χ3v) is 7.37. The summed E-state index contributed by atoms with van der Waals surface area (Å²) in [5.41, 5.74) is 2.79. The fourth-order valence-corrected chi connectivity index (χ4v) is 5.33. The third-order valence-electron chi connectivity index (χ3n) is 6.88. The molecule has 4 aromatic rings. The molecule has 1 heterocycles. The number of ketones is 1. The van der Waals surface area contributed by atoms with Gasteiger partial charge in [-0.15, -0.1) is 0 Å². The number of anilines is 2. The van der Waals surface area contributed by atoms with Gasteiger partial charge in [0.15, 0.2) is 12.0 Å². The van der Waals surface area contributed by atoms with Crippen LogP contribution in [0.4, 0.5) is 11.4 Å². The Kier molecular flexibility index (Phi) is 7.61. The minimum atomic E-state index is -1.29. The number of aliphatic hydroxyl groups is 2. The van der Waals surface area contributed by atoms with Crippen LogP contribution in [-0.4, -0.2) is 28.8 Å². The van der Waals surface area contributed by atoms with Crippen molar-refractivity contribution in [3.05, 3.63) is 112 Å². The Hall–Kier alpha value is -3.51. The van der Waals surface area contributed by atoms with Gasteiger partial charge in [0.25, 0.3) is 0 Å². The van der Waals surface area contributed by atoms with Gasteiger partial charge >= 0.3 is 0 Å². The van der Waals surface area contributed by atoms with Crippen LogP contribution in [0.5, 0.6) is 0 Å². The number of nitrogens with zero attached hydrogens (tertiary/aromatic N) is 1. The molecule has 0 aromatic heterocycles. The molecule has 0 spiro atoms. The van der Waals surface area contributed by atoms with E-state index in [1.165, 1.54) is 0 Å². The molecule has 0 aliphatic carbocycles. The van der Waals surface area contributed by atoms with Gasteiger partial charge in [-0.2, -0.15) is 0 Å². The smallest absolute Gasteiger partial charge is 0.169 e. The maximum absolute atomic E-state index is 13.9. The van der Waals surface area contributed by atoms with Crippen LogP contribution in [-0.2, 0) is 4.79 Å². The summed E-state index contributed by atoms with van der Waals surface area (Å²) in [4.78, 5) is 15.6. The fourth-order valence-electron chi connectivity index (χ4n) is 5.04. The monoisotopic (exact) mass is 546 g/mol. The summed E-state index contributed by atoms with van der Waals surface area (Å²) in [5, 5.41) is 29.2. The van der Waals surface area contributed by atoms with E-state index in [0.717, 1.165) is 28.4 Å². The first-order chi connectivity index (χ1) is 18.4. The predicted molar refractivity (Wildman–Crippen MR) is 156 cm³/mol. The Bertz CT molecular complexity index is 1510. The average molecular weight is 547 g/mol. The largest absolute Gasteiger partial charge is 0.507 e. The number of hydrogen-bond donors (Lipinski definition) is 3. The summed E-state index contributed by atoms with van der Waals surface area (Å²) in [6, 6.07) is 25.9. The molecule has 5 rings (SSSR count). The highest BCUT2D eigenvalue weighted by molar-refractivity contribution is 6.31. The van der Waals surface area contributed by atoms with E-state index in [0.29, 0.717) is 27.8 Å². The lowest BCUT2D eigenvalue weighted by atomic mass is 9.91. The van der Waals surface area contributed by atoms with Crippen molar-refractivity contribution in [3.63, 3.8) is 0 Å². The Morgan fingerprint density at radius 2 is 1.68 bits per heavy atom. The second-order valence-corrected chi connectivity index (χ2v) is 10.3. The van der Waals surface area contributed by atoms with Crippen molar-refractivity contribution in [3.8, 4) is 0 Å². The Morgan fingerprint density at radius 1 is 0.974 bits per heavy atom. The van der Waals surface area contributed by atoms with Crippen molar-refractivity contribution >= 4 is 56.9 Å². The summed E-state index contributed by atoms with van der Waals surface area (Å²) in [7, 11) is 0. The van der Waals surface area contributed by atoms with Gasteiger partial charge in [0, 0.05) is 39.6 Å². The number of halogens is 2. The predicted octanol–water partition coefficient (Wildman–Crippen LogP) is 7.78. The molecule has 0 saturated heterocycles. The molecule has 38 heavy (non-hydrogen) atoms. The number of aliphatic hydroxyl groups excluding tert-OH is 2. The minimum absolute atomic E-state index is 0.00416. The zero-order valence-corrected chi connectivity index (χ0v) is 22.4. The van der Waals surface area contributed by atoms with Gasteiger partial charge < -0.3 is 20.4 Å². The van der Waals surface area contributed by atoms with Gasteiger partial charge in [0.05, 0.1) is 17.3 Å². The van der Waals surface area contributed by atoms with Crippen LogP contribution in [0.25, 0.3) is 16.5 Å². The minimum Gasteiger partial charge on any atom is -0.507 e. The molecular formula is C31H28Cl2N2O3. The van der Waals surface area contributed by atoms with E-state index in [2.05, 4.69) is 5.32 Å². The highest BCUT2D eigenvalue weighted by atomic mass is 35.5. The normalized spacial score (nSPS) is 15.9. The maximum Gasteiger partial charge on any atom is 0.169 e. The van der Waals surface area contributed by atoms with Gasteiger partial charge in [-0.25, -0.2) is 0 Å². The summed E-state index contributed by atoms with van der Waals surface area (Å²) >= 11 is 12.4. The van der Waals surface area contributed by atoms with E-state index in [1.54, 1.807) is 35.2 Å². The summed E-state index contributed by atoms with van der Waals surface area (Å²) in [6.45, 7) is 2.48. The highest BCUT2D eigenvalue weighted by Gasteiger charge is 2.36. The van der Waals surface area contributed by atoms with E-state index in [-0.39, 0.29) is 23.5 Å². The van der Waals surface area contributed by atoms with Crippen LogP contribution >= 0.6 is 23.2 Å². The Morgan fingerprint density at radius 3 is 2.45 bits per heavy atom. The van der Waals surface area contributed by atoms with Crippen LogP contribution in [0.3, 0.4) is 0 Å². The zero-order chi connectivity index (χ0) is 26.8. The molecule has 1 aliphatic rings. The SMILES string of the molecule is CCCN1c2cc(Cl)ccc2C(O)=C(C(=O)CC(Nc2cccc3ccccc23)c2ccc(Cl)cc2)C1O. The molecule has 0 radical (unpaired) electrons. The topological polar surface area (TPSA) is 72.8 Å². The van der Waals surface area contributed by atoms with Crippen molar-refractivity contribution in [2.45, 2.75) is 32.0 Å². The number of Topliss-reactive ketones (excluding diaryl/α,β-unsaturated/α-hetero) is 1. The molecule has 3 N–H and O–H groups in total. The Balaban J connectivity index is 1.54. The molecule has 7 heteroatoms. The van der Waals surface area contributed by atoms with Crippen molar-refractivity contribution in [1.29, 1.82) is 0 Å². The number of benzene rings is 4. The van der Waals surface area contributed by atoms with Gasteiger partial charge in [-0.1, -0.05) is 78.7 Å². The van der Waals surface area contributed by atoms with Crippen LogP contribution in [0.15, 0.2) is 90.5 Å². The summed E-state index contributed by atoms with van der Waals surface area (Å²) in [6.07, 6.45) is -0.553. The summed E-state index contributed by atoms with van der Waals surface area (Å²) in [5.74, 6) is -0.578. The van der Waals surface area contributed by atoms with Crippen LogP contribution in [0.2, 0.25) is 10.0 Å². The molecule has 4 aromatic carbocycles. The lowest BCUT2D eigenvalue weighted by Crippen LogP contribution is -2.43. The standard InChI is InChI=1S/C31H28Cl2N2O3/c1-2-16-35-27-17-22(33)14-15-24(27)30(37)29(31(35)38)28(36)18-26(20-10-12-21(32)13-11-20)34-25-9-5-7-19-6-3-4-8-23(19)25/h3-15,17,26,31,34,37-38H,2,16,18H2,1H3. The molecule has 2 atom stereocenters. The number of carbonyl (C=O) groups excluding carboxylic acids is 1. The first-order valence-corrected chi connectivity index (χ1v) is 13.3. The van der Waals surface area contributed by atoms with Gasteiger partial charge in [-0.05, 0) is 53.8 Å². The molecule has 5 nitrogen and oxygen atoms in total. The van der Waals surface area contributed by atoms with E-state index in [4.69, 9.17) is 23.2 Å². The average Bonchev–Trinajstić information content (AvgIpc) is 2.91. The lowest BCUT2D eigenvalue weighted by molar-refractivity contribution is -0.116. The number of nitrogens with one attached hydrogen (secondary N) is 1. The molecule has 194 valence electrons. The summed E-state index contributed by atoms with van der Waals surface area (Å²) < 4.78 is 0. The molecule has 0 fully saturated rings. The first-order valence-electron chi connectivity index (χ1n) is 12.6. The van der Waals surface area contributed by atoms with Crippen molar-refractivity contribution in [1.82, 2.24) is 0 Å². The van der Waals surface area contributed by atoms with E-state index < -0.39 is 12.3 Å². The van der Waals surface area contributed by atoms with Crippen molar-refractivity contribution in [2.75, 3.05) is 16.8 Å². The highest BCUT2D eigenvalue weighted by Crippen LogP contribution is 2.40. The van der Waals surface area contributed by atoms with Crippen LogP contribution < -0.4 is 10.2 Å². The van der Waals surface area contributed by atoms with E-state index in [9.17, 15) is 15.0 Å². The number of fused-ring (bicyclic) bond motifs is 2. The fraction of sp³-hybridized carbons (Fsp3) is 0.194. The molecule has 0 amide bonds. The van der Waals surface area contributed by atoms with Crippen LogP contribution in [0, 0.1) is 0 Å². The van der Waals surface area contributed by atoms with Crippen LogP contribution in [0.1, 0.15) is 36.9 Å². The Labute approximate surface area is 231 Å². The molecule has 0 saturated carbocycles. The van der Waals surface area contributed by atoms with E-state index in [1.807, 2.05) is 61.5 Å². The first kappa shape index (κ1) is 26.1.